The van der Waals surface area contributed by atoms with Gasteiger partial charge in [-0.3, -0.25) is 14.5 Å². The van der Waals surface area contributed by atoms with Crippen molar-refractivity contribution in [3.63, 3.8) is 0 Å². The number of benzene rings is 1. The van der Waals surface area contributed by atoms with Crippen molar-refractivity contribution in [3.05, 3.63) is 88.2 Å². The number of rotatable bonds is 7. The predicted octanol–water partition coefficient (Wildman–Crippen LogP) is 2.36. The van der Waals surface area contributed by atoms with Gasteiger partial charge >= 0.3 is 0 Å². The van der Waals surface area contributed by atoms with E-state index in [1.807, 2.05) is 26.0 Å². The normalized spacial score (nSPS) is 14.9. The molecule has 1 N–H and O–H groups in total. The second-order valence-electron chi connectivity index (χ2n) is 9.49. The maximum absolute atomic E-state index is 13.1. The number of anilines is 2. The fourth-order valence-corrected chi connectivity index (χ4v) is 4.57. The van der Waals surface area contributed by atoms with Crippen molar-refractivity contribution in [2.45, 2.75) is 33.4 Å². The van der Waals surface area contributed by atoms with Crippen molar-refractivity contribution in [2.75, 3.05) is 36.4 Å². The monoisotopic (exact) mass is 513 g/mol. The summed E-state index contributed by atoms with van der Waals surface area (Å²) in [5.74, 6) is 1.19. The molecule has 196 valence electrons. The van der Waals surface area contributed by atoms with Crippen molar-refractivity contribution in [1.82, 2.24) is 34.4 Å². The van der Waals surface area contributed by atoms with Gasteiger partial charge in [0.05, 0.1) is 5.69 Å². The van der Waals surface area contributed by atoms with Crippen molar-refractivity contribution in [3.8, 4) is 5.82 Å². The molecule has 4 heterocycles. The van der Waals surface area contributed by atoms with E-state index in [4.69, 9.17) is 0 Å². The summed E-state index contributed by atoms with van der Waals surface area (Å²) in [6.07, 6.45) is 1.44. The number of hydrogen-bond donors (Lipinski definition) is 1. The summed E-state index contributed by atoms with van der Waals surface area (Å²) in [5.41, 5.74) is 2.64. The lowest BCUT2D eigenvalue weighted by molar-refractivity contribution is -0.119. The Bertz CT molecular complexity index is 1470. The van der Waals surface area contributed by atoms with Gasteiger partial charge in [0.15, 0.2) is 5.82 Å². The van der Waals surface area contributed by atoms with Crippen LogP contribution in [0.15, 0.2) is 65.7 Å². The van der Waals surface area contributed by atoms with Crippen LogP contribution in [0.3, 0.4) is 0 Å². The molecule has 3 aromatic heterocycles. The van der Waals surface area contributed by atoms with Crippen LogP contribution in [0, 0.1) is 13.8 Å². The number of nitrogens with zero attached hydrogens (tertiary/aromatic N) is 8. The molecule has 0 spiro atoms. The number of carbonyl (C=O) groups excluding carboxylic acids is 1. The van der Waals surface area contributed by atoms with Gasteiger partial charge in [0.25, 0.3) is 5.56 Å². The van der Waals surface area contributed by atoms with E-state index in [0.717, 1.165) is 54.6 Å². The van der Waals surface area contributed by atoms with Crippen LogP contribution >= 0.6 is 0 Å². The summed E-state index contributed by atoms with van der Waals surface area (Å²) in [6, 6.07) is 16.3. The van der Waals surface area contributed by atoms with E-state index in [1.54, 1.807) is 23.7 Å². The summed E-state index contributed by atoms with van der Waals surface area (Å²) in [4.78, 5) is 38.9. The Morgan fingerprint density at radius 3 is 2.42 bits per heavy atom. The molecule has 0 aliphatic carbocycles. The van der Waals surface area contributed by atoms with Gasteiger partial charge in [0.1, 0.15) is 24.0 Å². The highest BCUT2D eigenvalue weighted by molar-refractivity contribution is 5.92. The molecular formula is C27H31N9O2. The molecule has 1 atom stereocenters. The average Bonchev–Trinajstić information content (AvgIpc) is 3.27. The van der Waals surface area contributed by atoms with Gasteiger partial charge in [-0.05, 0) is 38.5 Å². The zero-order valence-electron chi connectivity index (χ0n) is 21.8. The summed E-state index contributed by atoms with van der Waals surface area (Å²) >= 11 is 0. The van der Waals surface area contributed by atoms with Gasteiger partial charge in [-0.2, -0.15) is 5.10 Å². The lowest BCUT2D eigenvalue weighted by Gasteiger charge is -2.35. The van der Waals surface area contributed by atoms with Crippen LogP contribution in [-0.4, -0.2) is 66.5 Å². The lowest BCUT2D eigenvalue weighted by atomic mass is 10.2. The lowest BCUT2D eigenvalue weighted by Crippen LogP contribution is -2.46. The smallest absolute Gasteiger partial charge is 0.267 e. The minimum Gasteiger partial charge on any atom is -0.354 e. The Hall–Kier alpha value is -4.38. The first-order chi connectivity index (χ1) is 18.4. The standard InChI is InChI=1S/C27H31N9O2/c1-19-15-20(2)35(31-19)24-9-10-26(37)36(32-24)21(3)27(38)30-23-16-25(29-18-28-23)34-13-11-33(12-14-34)17-22-7-5-4-6-8-22/h4-10,15-16,18,21H,11-14,17H2,1-3H3,(H,28,29,30,38). The molecule has 1 aromatic carbocycles. The molecule has 11 nitrogen and oxygen atoms in total. The van der Waals surface area contributed by atoms with Gasteiger partial charge in [-0.15, -0.1) is 5.10 Å². The molecule has 0 radical (unpaired) electrons. The molecule has 1 aliphatic rings. The SMILES string of the molecule is Cc1cc(C)n(-c2ccc(=O)n(C(C)C(=O)Nc3cc(N4CCN(Cc5ccccc5)CC4)ncn3)n2)n1. The number of aromatic nitrogens is 6. The molecule has 1 amide bonds. The first kappa shape index (κ1) is 25.3. The fourth-order valence-electron chi connectivity index (χ4n) is 4.57. The highest BCUT2D eigenvalue weighted by Crippen LogP contribution is 2.18. The molecule has 0 bridgehead atoms. The van der Waals surface area contributed by atoms with E-state index in [-0.39, 0.29) is 5.56 Å². The van der Waals surface area contributed by atoms with Gasteiger partial charge in [-0.25, -0.2) is 19.3 Å². The number of amides is 1. The molecular weight excluding hydrogens is 482 g/mol. The van der Waals surface area contributed by atoms with Crippen molar-refractivity contribution < 1.29 is 4.79 Å². The average molecular weight is 514 g/mol. The zero-order valence-corrected chi connectivity index (χ0v) is 21.8. The van der Waals surface area contributed by atoms with Gasteiger partial charge in [0.2, 0.25) is 5.91 Å². The first-order valence-corrected chi connectivity index (χ1v) is 12.6. The molecule has 0 saturated carbocycles. The van der Waals surface area contributed by atoms with Gasteiger partial charge in [-0.1, -0.05) is 30.3 Å². The van der Waals surface area contributed by atoms with E-state index in [0.29, 0.717) is 11.6 Å². The highest BCUT2D eigenvalue weighted by Gasteiger charge is 2.22. The Balaban J connectivity index is 1.24. The number of nitrogens with one attached hydrogen (secondary N) is 1. The summed E-state index contributed by atoms with van der Waals surface area (Å²) in [5, 5.41) is 11.6. The van der Waals surface area contributed by atoms with E-state index < -0.39 is 11.9 Å². The van der Waals surface area contributed by atoms with E-state index in [1.165, 1.54) is 18.0 Å². The minimum absolute atomic E-state index is 0.376. The van der Waals surface area contributed by atoms with Gasteiger partial charge < -0.3 is 10.2 Å². The Morgan fingerprint density at radius 1 is 0.947 bits per heavy atom. The Labute approximate surface area is 220 Å². The molecule has 11 heteroatoms. The third-order valence-corrected chi connectivity index (χ3v) is 6.63. The summed E-state index contributed by atoms with van der Waals surface area (Å²) in [6.45, 7) is 9.82. The molecule has 38 heavy (non-hydrogen) atoms. The van der Waals surface area contributed by atoms with E-state index in [9.17, 15) is 9.59 Å². The van der Waals surface area contributed by atoms with Crippen LogP contribution in [-0.2, 0) is 11.3 Å². The second-order valence-corrected chi connectivity index (χ2v) is 9.49. The quantitative estimate of drug-likeness (QED) is 0.401. The second kappa shape index (κ2) is 10.9. The Morgan fingerprint density at radius 2 is 1.71 bits per heavy atom. The third kappa shape index (κ3) is 5.62. The number of carbonyl (C=O) groups is 1. The molecule has 4 aromatic rings. The number of hydrogen-bond acceptors (Lipinski definition) is 8. The first-order valence-electron chi connectivity index (χ1n) is 12.6. The highest BCUT2D eigenvalue weighted by atomic mass is 16.2. The van der Waals surface area contributed by atoms with E-state index in [2.05, 4.69) is 59.5 Å². The largest absolute Gasteiger partial charge is 0.354 e. The molecule has 1 saturated heterocycles. The topological polar surface area (TPSA) is 114 Å². The molecule has 1 fully saturated rings. The van der Waals surface area contributed by atoms with Crippen LogP contribution in [0.2, 0.25) is 0 Å². The maximum Gasteiger partial charge on any atom is 0.267 e. The van der Waals surface area contributed by atoms with Crippen molar-refractivity contribution in [2.24, 2.45) is 0 Å². The van der Waals surface area contributed by atoms with E-state index >= 15 is 0 Å². The van der Waals surface area contributed by atoms with Crippen LogP contribution in [0.5, 0.6) is 0 Å². The molecule has 1 unspecified atom stereocenters. The van der Waals surface area contributed by atoms with Crippen LogP contribution in [0.1, 0.15) is 29.9 Å². The fraction of sp³-hybridized carbons (Fsp3) is 0.333. The molecule has 5 rings (SSSR count). The number of piperazine rings is 1. The predicted molar refractivity (Wildman–Crippen MR) is 144 cm³/mol. The minimum atomic E-state index is -0.862. The maximum atomic E-state index is 13.1. The zero-order chi connectivity index (χ0) is 26.6. The summed E-state index contributed by atoms with van der Waals surface area (Å²) < 4.78 is 2.81. The Kier molecular flexibility index (Phi) is 7.27. The van der Waals surface area contributed by atoms with Gasteiger partial charge in [0, 0.05) is 50.6 Å². The van der Waals surface area contributed by atoms with Crippen LogP contribution in [0.25, 0.3) is 5.82 Å². The third-order valence-electron chi connectivity index (χ3n) is 6.63. The van der Waals surface area contributed by atoms with Crippen LogP contribution < -0.4 is 15.8 Å². The summed E-state index contributed by atoms with van der Waals surface area (Å²) in [7, 11) is 0. The van der Waals surface area contributed by atoms with Crippen molar-refractivity contribution >= 4 is 17.5 Å². The molecule has 1 aliphatic heterocycles. The van der Waals surface area contributed by atoms with Crippen LogP contribution in [0.4, 0.5) is 11.6 Å². The van der Waals surface area contributed by atoms with Crippen molar-refractivity contribution in [1.29, 1.82) is 0 Å². The number of aryl methyl sites for hydroxylation is 2.